The van der Waals surface area contributed by atoms with E-state index in [-0.39, 0.29) is 17.6 Å². The first-order valence-corrected chi connectivity index (χ1v) is 8.62. The van der Waals surface area contributed by atoms with Gasteiger partial charge in [-0.25, -0.2) is 8.78 Å². The number of rotatable bonds is 3. The minimum absolute atomic E-state index is 0.0576. The number of hydrogen-bond acceptors (Lipinski definition) is 3. The van der Waals surface area contributed by atoms with Crippen molar-refractivity contribution in [3.63, 3.8) is 0 Å². The van der Waals surface area contributed by atoms with Gasteiger partial charge >= 0.3 is 0 Å². The van der Waals surface area contributed by atoms with Crippen LogP contribution in [-0.4, -0.2) is 20.2 Å². The fourth-order valence-corrected chi connectivity index (χ4v) is 3.54. The van der Waals surface area contributed by atoms with Crippen molar-refractivity contribution in [1.82, 2.24) is 0 Å². The van der Waals surface area contributed by atoms with Gasteiger partial charge < -0.3 is 15.4 Å². The summed E-state index contributed by atoms with van der Waals surface area (Å²) in [6, 6.07) is 6.41. The van der Waals surface area contributed by atoms with Crippen molar-refractivity contribution in [2.75, 3.05) is 30.8 Å². The maximum Gasteiger partial charge on any atom is 0.150 e. The molecule has 0 bridgehead atoms. The Balaban J connectivity index is 1.78. The van der Waals surface area contributed by atoms with E-state index in [1.54, 1.807) is 25.1 Å². The molecule has 0 aromatic heterocycles. The molecule has 1 aliphatic heterocycles. The van der Waals surface area contributed by atoms with Crippen LogP contribution in [0.1, 0.15) is 29.9 Å². The highest BCUT2D eigenvalue weighted by Crippen LogP contribution is 2.37. The lowest BCUT2D eigenvalue weighted by Gasteiger charge is -2.34. The average Bonchev–Trinajstić information content (AvgIpc) is 2.60. The van der Waals surface area contributed by atoms with Gasteiger partial charge in [0.05, 0.1) is 18.5 Å². The highest BCUT2D eigenvalue weighted by molar-refractivity contribution is 6.31. The summed E-state index contributed by atoms with van der Waals surface area (Å²) in [5, 5.41) is 0.423. The fraction of sp³-hybridized carbons (Fsp3) is 0.368. The lowest BCUT2D eigenvalue weighted by Crippen LogP contribution is -2.33. The maximum atomic E-state index is 14.5. The molecule has 6 heteroatoms. The van der Waals surface area contributed by atoms with Crippen molar-refractivity contribution < 1.29 is 13.5 Å². The number of nitrogens with two attached hydrogens (primary N) is 1. The fourth-order valence-electron chi connectivity index (χ4n) is 3.40. The summed E-state index contributed by atoms with van der Waals surface area (Å²) in [4.78, 5) is 1.99. The van der Waals surface area contributed by atoms with Gasteiger partial charge in [-0.2, -0.15) is 0 Å². The number of halogens is 3. The Morgan fingerprint density at radius 1 is 1.20 bits per heavy atom. The van der Waals surface area contributed by atoms with E-state index >= 15 is 0 Å². The number of nitrogens with zero attached hydrogens (tertiary/aromatic N) is 1. The van der Waals surface area contributed by atoms with Crippen molar-refractivity contribution in [2.24, 2.45) is 0 Å². The smallest absolute Gasteiger partial charge is 0.150 e. The molecule has 25 heavy (non-hydrogen) atoms. The zero-order chi connectivity index (χ0) is 18.1. The predicted octanol–water partition coefficient (Wildman–Crippen LogP) is 4.90. The highest BCUT2D eigenvalue weighted by Gasteiger charge is 2.26. The summed E-state index contributed by atoms with van der Waals surface area (Å²) in [6.07, 6.45) is 1.45. The van der Waals surface area contributed by atoms with Crippen LogP contribution in [0.4, 0.5) is 20.2 Å². The molecular weight excluding hydrogens is 346 g/mol. The molecule has 0 spiro atoms. The molecule has 1 heterocycles. The second kappa shape index (κ2) is 7.08. The summed E-state index contributed by atoms with van der Waals surface area (Å²) in [6.45, 7) is 2.97. The van der Waals surface area contributed by atoms with Crippen LogP contribution in [0.5, 0.6) is 5.75 Å². The van der Waals surface area contributed by atoms with Crippen LogP contribution in [0, 0.1) is 18.6 Å². The van der Waals surface area contributed by atoms with Gasteiger partial charge in [-0.05, 0) is 49.4 Å². The van der Waals surface area contributed by atoms with Gasteiger partial charge in [0.25, 0.3) is 0 Å². The number of ether oxygens (including phenoxy) is 1. The van der Waals surface area contributed by atoms with E-state index in [4.69, 9.17) is 22.1 Å². The topological polar surface area (TPSA) is 38.5 Å². The Hall–Kier alpha value is -2.01. The van der Waals surface area contributed by atoms with Gasteiger partial charge in [-0.15, -0.1) is 0 Å². The average molecular weight is 367 g/mol. The van der Waals surface area contributed by atoms with Crippen LogP contribution < -0.4 is 15.4 Å². The van der Waals surface area contributed by atoms with Gasteiger partial charge in [0, 0.05) is 29.7 Å². The van der Waals surface area contributed by atoms with Crippen LogP contribution in [0.15, 0.2) is 24.3 Å². The number of anilines is 2. The third-order valence-electron chi connectivity index (χ3n) is 4.92. The van der Waals surface area contributed by atoms with Gasteiger partial charge in [0.15, 0.2) is 5.82 Å². The zero-order valence-electron chi connectivity index (χ0n) is 14.3. The molecule has 0 radical (unpaired) electrons. The maximum absolute atomic E-state index is 14.5. The van der Waals surface area contributed by atoms with Gasteiger partial charge in [0.1, 0.15) is 11.6 Å². The minimum Gasteiger partial charge on any atom is -0.495 e. The Kier molecular flexibility index (Phi) is 5.04. The molecule has 3 nitrogen and oxygen atoms in total. The quantitative estimate of drug-likeness (QED) is 0.785. The molecule has 2 N–H and O–H groups in total. The second-order valence-corrected chi connectivity index (χ2v) is 6.79. The van der Waals surface area contributed by atoms with Gasteiger partial charge in [-0.1, -0.05) is 11.6 Å². The second-order valence-electron chi connectivity index (χ2n) is 6.38. The highest BCUT2D eigenvalue weighted by atomic mass is 35.5. The Morgan fingerprint density at radius 2 is 1.88 bits per heavy atom. The number of nitrogen functional groups attached to an aromatic ring is 1. The number of benzene rings is 2. The van der Waals surface area contributed by atoms with Crippen molar-refractivity contribution >= 4 is 23.0 Å². The number of piperidine rings is 1. The van der Waals surface area contributed by atoms with Crippen LogP contribution in [0.3, 0.4) is 0 Å². The van der Waals surface area contributed by atoms with Gasteiger partial charge in [0.2, 0.25) is 0 Å². The van der Waals surface area contributed by atoms with Crippen LogP contribution >= 0.6 is 11.6 Å². The van der Waals surface area contributed by atoms with E-state index in [0.717, 1.165) is 12.8 Å². The van der Waals surface area contributed by atoms with Gasteiger partial charge in [-0.3, -0.25) is 0 Å². The van der Waals surface area contributed by atoms with E-state index < -0.39 is 0 Å². The Morgan fingerprint density at radius 3 is 2.52 bits per heavy atom. The lowest BCUT2D eigenvalue weighted by atomic mass is 9.88. The van der Waals surface area contributed by atoms with E-state index in [2.05, 4.69) is 0 Å². The first-order chi connectivity index (χ1) is 11.9. The van der Waals surface area contributed by atoms with E-state index in [0.29, 0.717) is 46.4 Å². The summed E-state index contributed by atoms with van der Waals surface area (Å²) in [5.74, 6) is -0.0584. The molecule has 0 saturated carbocycles. The monoisotopic (exact) mass is 366 g/mol. The summed E-state index contributed by atoms with van der Waals surface area (Å²) >= 11 is 5.96. The Bertz CT molecular complexity index is 789. The van der Waals surface area contributed by atoms with Crippen molar-refractivity contribution in [1.29, 1.82) is 0 Å². The molecule has 0 unspecified atom stereocenters. The first-order valence-electron chi connectivity index (χ1n) is 8.24. The molecule has 0 atom stereocenters. The van der Waals surface area contributed by atoms with E-state index in [1.807, 2.05) is 4.90 Å². The molecule has 2 aromatic rings. The summed E-state index contributed by atoms with van der Waals surface area (Å²) < 4.78 is 34.0. The molecule has 1 saturated heterocycles. The van der Waals surface area contributed by atoms with Crippen LogP contribution in [0.2, 0.25) is 5.02 Å². The lowest BCUT2D eigenvalue weighted by molar-refractivity contribution is 0.411. The molecule has 134 valence electrons. The summed E-state index contributed by atoms with van der Waals surface area (Å²) in [5.41, 5.74) is 7.65. The molecule has 0 amide bonds. The minimum atomic E-state index is -0.315. The van der Waals surface area contributed by atoms with Crippen LogP contribution in [0.25, 0.3) is 0 Å². The third-order valence-corrected chi connectivity index (χ3v) is 5.33. The van der Waals surface area contributed by atoms with Crippen molar-refractivity contribution in [3.8, 4) is 5.75 Å². The zero-order valence-corrected chi connectivity index (χ0v) is 15.0. The SMILES string of the molecule is COc1cc(C2CCN(c3ccc(Cl)c(C)c3F)CC2)c(F)cc1N. The van der Waals surface area contributed by atoms with E-state index in [9.17, 15) is 8.78 Å². The van der Waals surface area contributed by atoms with E-state index in [1.165, 1.54) is 13.2 Å². The molecule has 3 rings (SSSR count). The standard InChI is InChI=1S/C19H21ClF2N2O/c1-11-14(20)3-4-17(19(11)22)24-7-5-12(6-8-24)13-9-18(25-2)16(23)10-15(13)21/h3-4,9-10,12H,5-8,23H2,1-2H3. The molecule has 1 fully saturated rings. The predicted molar refractivity (Wildman–Crippen MR) is 97.7 cm³/mol. The molecular formula is C19H21ClF2N2O. The first kappa shape index (κ1) is 17.8. The molecule has 0 aliphatic carbocycles. The summed E-state index contributed by atoms with van der Waals surface area (Å²) in [7, 11) is 1.52. The molecule has 1 aliphatic rings. The number of methoxy groups -OCH3 is 1. The van der Waals surface area contributed by atoms with Crippen molar-refractivity contribution in [2.45, 2.75) is 25.7 Å². The van der Waals surface area contributed by atoms with Crippen molar-refractivity contribution in [3.05, 3.63) is 52.0 Å². The van der Waals surface area contributed by atoms with Crippen LogP contribution in [-0.2, 0) is 0 Å². The molecule has 2 aromatic carbocycles. The Labute approximate surface area is 151 Å². The largest absolute Gasteiger partial charge is 0.495 e. The normalized spacial score (nSPS) is 15.5. The third kappa shape index (κ3) is 3.38. The number of hydrogen-bond donors (Lipinski definition) is 1.